The lowest BCUT2D eigenvalue weighted by Gasteiger charge is -2.35. The molecule has 0 unspecified atom stereocenters. The van der Waals surface area contributed by atoms with E-state index in [4.69, 9.17) is 0 Å². The zero-order valence-electron chi connectivity index (χ0n) is 10.9. The summed E-state index contributed by atoms with van der Waals surface area (Å²) in [5, 5.41) is 32.3. The molecule has 0 atom stereocenters. The average molecular weight is 245 g/mol. The van der Waals surface area contributed by atoms with Gasteiger partial charge in [0.2, 0.25) is 0 Å². The molecular weight excluding hydrogens is 218 g/mol. The summed E-state index contributed by atoms with van der Waals surface area (Å²) >= 11 is 0. The topological polar surface area (TPSA) is 72.7 Å². The van der Waals surface area contributed by atoms with E-state index < -0.39 is 11.1 Å². The first kappa shape index (κ1) is 14.9. The smallest absolute Gasteiger partial charge is 0.0771 e. The molecule has 0 saturated heterocycles. The highest BCUT2D eigenvalue weighted by Crippen LogP contribution is 2.27. The Hall–Kier alpha value is -0.160. The highest BCUT2D eigenvalue weighted by Gasteiger charge is 2.33. The van der Waals surface area contributed by atoms with Gasteiger partial charge in [-0.25, -0.2) is 0 Å². The number of hydrogen-bond acceptors (Lipinski definition) is 4. The summed E-state index contributed by atoms with van der Waals surface area (Å²) in [5.41, 5.74) is -1.32. The van der Waals surface area contributed by atoms with Gasteiger partial charge in [-0.05, 0) is 19.3 Å². The van der Waals surface area contributed by atoms with E-state index in [1.807, 2.05) is 6.92 Å². The quantitative estimate of drug-likeness (QED) is 0.522. The van der Waals surface area contributed by atoms with E-state index in [1.165, 1.54) is 12.8 Å². The summed E-state index contributed by atoms with van der Waals surface area (Å²) < 4.78 is 0. The van der Waals surface area contributed by atoms with Crippen LogP contribution in [0, 0.1) is 0 Å². The zero-order chi connectivity index (χ0) is 12.8. The van der Waals surface area contributed by atoms with Crippen molar-refractivity contribution >= 4 is 0 Å². The van der Waals surface area contributed by atoms with Crippen molar-refractivity contribution in [1.82, 2.24) is 5.32 Å². The van der Waals surface area contributed by atoms with Crippen LogP contribution in [-0.2, 0) is 0 Å². The molecule has 0 aromatic rings. The molecule has 0 amide bonds. The Balaban J connectivity index is 2.51. The van der Waals surface area contributed by atoms with Crippen molar-refractivity contribution < 1.29 is 15.3 Å². The maximum atomic E-state index is 10.5. The van der Waals surface area contributed by atoms with E-state index in [1.54, 1.807) is 0 Å². The van der Waals surface area contributed by atoms with Crippen LogP contribution in [0.4, 0.5) is 0 Å². The predicted molar refractivity (Wildman–Crippen MR) is 67.8 cm³/mol. The summed E-state index contributed by atoms with van der Waals surface area (Å²) in [6, 6.07) is 0. The van der Waals surface area contributed by atoms with E-state index in [0.29, 0.717) is 13.0 Å². The lowest BCUT2D eigenvalue weighted by molar-refractivity contribution is 0.00284. The first-order chi connectivity index (χ1) is 8.10. The third-order valence-electron chi connectivity index (χ3n) is 4.11. The normalized spacial score (nSPS) is 21.2. The molecule has 1 fully saturated rings. The van der Waals surface area contributed by atoms with Gasteiger partial charge in [-0.1, -0.05) is 32.6 Å². The minimum absolute atomic E-state index is 0.101. The molecule has 1 aliphatic rings. The molecule has 0 aromatic carbocycles. The lowest BCUT2D eigenvalue weighted by Crippen LogP contribution is -2.56. The molecule has 4 heteroatoms. The van der Waals surface area contributed by atoms with E-state index in [9.17, 15) is 15.3 Å². The maximum Gasteiger partial charge on any atom is 0.0771 e. The summed E-state index contributed by atoms with van der Waals surface area (Å²) in [4.78, 5) is 0. The van der Waals surface area contributed by atoms with Gasteiger partial charge in [0.05, 0.1) is 24.4 Å². The van der Waals surface area contributed by atoms with Crippen molar-refractivity contribution in [2.24, 2.45) is 0 Å². The Morgan fingerprint density at radius 2 is 1.59 bits per heavy atom. The Bertz CT molecular complexity index is 200. The third kappa shape index (κ3) is 4.21. The third-order valence-corrected chi connectivity index (χ3v) is 4.11. The number of aliphatic hydroxyl groups excluding tert-OH is 2. The van der Waals surface area contributed by atoms with Crippen LogP contribution in [0.1, 0.15) is 51.9 Å². The number of aliphatic hydroxyl groups is 3. The fraction of sp³-hybridized carbons (Fsp3) is 1.00. The minimum atomic E-state index is -0.665. The van der Waals surface area contributed by atoms with E-state index in [2.05, 4.69) is 5.32 Å². The van der Waals surface area contributed by atoms with Crippen molar-refractivity contribution in [3.63, 3.8) is 0 Å². The van der Waals surface area contributed by atoms with Crippen molar-refractivity contribution in [2.45, 2.75) is 63.0 Å². The number of nitrogens with one attached hydrogen (secondary N) is 1. The molecule has 1 rings (SSSR count). The molecule has 0 radical (unpaired) electrons. The molecule has 4 nitrogen and oxygen atoms in total. The molecule has 0 aromatic heterocycles. The monoisotopic (exact) mass is 245 g/mol. The van der Waals surface area contributed by atoms with Gasteiger partial charge in [0.1, 0.15) is 0 Å². The van der Waals surface area contributed by atoms with Crippen LogP contribution in [0.3, 0.4) is 0 Å². The van der Waals surface area contributed by atoms with Crippen LogP contribution in [0.5, 0.6) is 0 Å². The van der Waals surface area contributed by atoms with Crippen LogP contribution in [-0.4, -0.2) is 46.2 Å². The zero-order valence-corrected chi connectivity index (χ0v) is 10.9. The summed E-state index contributed by atoms with van der Waals surface area (Å²) in [5.74, 6) is 0. The SMILES string of the molecule is CCC(CO)(CO)NCC1(O)CCCCCC1. The molecule has 17 heavy (non-hydrogen) atoms. The number of hydrogen-bond donors (Lipinski definition) is 4. The first-order valence-electron chi connectivity index (χ1n) is 6.79. The molecule has 102 valence electrons. The fourth-order valence-electron chi connectivity index (χ4n) is 2.43. The van der Waals surface area contributed by atoms with Gasteiger partial charge < -0.3 is 20.6 Å². The van der Waals surface area contributed by atoms with Gasteiger partial charge in [0.25, 0.3) is 0 Å². The van der Waals surface area contributed by atoms with Crippen molar-refractivity contribution in [3.05, 3.63) is 0 Å². The molecular formula is C13H27NO3. The second-order valence-electron chi connectivity index (χ2n) is 5.44. The Labute approximate surface area is 104 Å². The van der Waals surface area contributed by atoms with Crippen molar-refractivity contribution in [1.29, 1.82) is 0 Å². The maximum absolute atomic E-state index is 10.5. The van der Waals surface area contributed by atoms with Crippen molar-refractivity contribution in [3.8, 4) is 0 Å². The lowest BCUT2D eigenvalue weighted by atomic mass is 9.91. The van der Waals surface area contributed by atoms with Gasteiger partial charge in [0.15, 0.2) is 0 Å². The Morgan fingerprint density at radius 3 is 2.00 bits per heavy atom. The largest absolute Gasteiger partial charge is 0.394 e. The van der Waals surface area contributed by atoms with Gasteiger partial charge in [0, 0.05) is 6.54 Å². The highest BCUT2D eigenvalue weighted by atomic mass is 16.3. The second kappa shape index (κ2) is 6.69. The van der Waals surface area contributed by atoms with Gasteiger partial charge in [-0.2, -0.15) is 0 Å². The standard InChI is InChI=1S/C13H27NO3/c1-2-12(10-15,11-16)14-9-13(17)7-5-3-4-6-8-13/h14-17H,2-11H2,1H3. The predicted octanol–water partition coefficient (Wildman–Crippen LogP) is 0.795. The second-order valence-corrected chi connectivity index (χ2v) is 5.44. The summed E-state index contributed by atoms with van der Waals surface area (Å²) in [7, 11) is 0. The van der Waals surface area contributed by atoms with Gasteiger partial charge >= 0.3 is 0 Å². The fourth-order valence-corrected chi connectivity index (χ4v) is 2.43. The molecule has 0 spiro atoms. The van der Waals surface area contributed by atoms with Crippen molar-refractivity contribution in [2.75, 3.05) is 19.8 Å². The molecule has 1 saturated carbocycles. The molecule has 1 aliphatic carbocycles. The summed E-state index contributed by atoms with van der Waals surface area (Å²) in [6.45, 7) is 2.19. The van der Waals surface area contributed by atoms with E-state index >= 15 is 0 Å². The number of β-amino-alcohol motifs (C(OH)–C–C–N with tert-alkyl or cyclic N) is 1. The van der Waals surface area contributed by atoms with E-state index in [0.717, 1.165) is 25.7 Å². The van der Waals surface area contributed by atoms with Gasteiger partial charge in [-0.3, -0.25) is 0 Å². The van der Waals surface area contributed by atoms with Crippen LogP contribution in [0.2, 0.25) is 0 Å². The first-order valence-corrected chi connectivity index (χ1v) is 6.79. The molecule has 0 bridgehead atoms. The highest BCUT2D eigenvalue weighted by molar-refractivity contribution is 4.91. The molecule has 0 heterocycles. The Morgan fingerprint density at radius 1 is 1.06 bits per heavy atom. The van der Waals surface area contributed by atoms with Crippen LogP contribution < -0.4 is 5.32 Å². The number of rotatable bonds is 6. The molecule has 0 aliphatic heterocycles. The van der Waals surface area contributed by atoms with Gasteiger partial charge in [-0.15, -0.1) is 0 Å². The van der Waals surface area contributed by atoms with E-state index in [-0.39, 0.29) is 13.2 Å². The van der Waals surface area contributed by atoms with Crippen LogP contribution in [0.15, 0.2) is 0 Å². The van der Waals surface area contributed by atoms with Crippen LogP contribution in [0.25, 0.3) is 0 Å². The summed E-state index contributed by atoms with van der Waals surface area (Å²) in [6.07, 6.45) is 6.80. The Kier molecular flexibility index (Phi) is 5.86. The minimum Gasteiger partial charge on any atom is -0.394 e. The average Bonchev–Trinajstić information content (AvgIpc) is 2.57. The van der Waals surface area contributed by atoms with Crippen LogP contribution >= 0.6 is 0 Å². The molecule has 4 N–H and O–H groups in total.